The van der Waals surface area contributed by atoms with E-state index in [-0.39, 0.29) is 0 Å². The number of fused-ring (bicyclic) bond motifs is 1. The number of hydrogen-bond donors (Lipinski definition) is 2. The third-order valence-electron chi connectivity index (χ3n) is 3.99. The number of aromatic nitrogens is 1. The lowest BCUT2D eigenvalue weighted by Crippen LogP contribution is -2.13. The fourth-order valence-electron chi connectivity index (χ4n) is 2.69. The van der Waals surface area contributed by atoms with Gasteiger partial charge in [-0.2, -0.15) is 0 Å². The molecule has 1 aromatic heterocycles. The molecule has 0 saturated heterocycles. The molecule has 2 N–H and O–H groups in total. The SMILES string of the molecule is COc1ccc(OC)c(C(O)CNc2ccnc3cc(Br)ccc23)c1. The molecular formula is C19H19BrN2O3. The topological polar surface area (TPSA) is 63.6 Å². The monoisotopic (exact) mass is 402 g/mol. The van der Waals surface area contributed by atoms with Crippen molar-refractivity contribution in [1.82, 2.24) is 4.98 Å². The van der Waals surface area contributed by atoms with Crippen LogP contribution in [0.5, 0.6) is 11.5 Å². The highest BCUT2D eigenvalue weighted by molar-refractivity contribution is 9.10. The first kappa shape index (κ1) is 17.5. The quantitative estimate of drug-likeness (QED) is 0.647. The third kappa shape index (κ3) is 3.86. The van der Waals surface area contributed by atoms with Crippen LogP contribution in [-0.2, 0) is 0 Å². The molecule has 1 atom stereocenters. The highest BCUT2D eigenvalue weighted by atomic mass is 79.9. The van der Waals surface area contributed by atoms with Gasteiger partial charge in [-0.15, -0.1) is 0 Å². The first-order valence-electron chi connectivity index (χ1n) is 7.80. The number of aliphatic hydroxyl groups excluding tert-OH is 1. The Morgan fingerprint density at radius 1 is 1.12 bits per heavy atom. The lowest BCUT2D eigenvalue weighted by atomic mass is 10.1. The molecule has 5 nitrogen and oxygen atoms in total. The van der Waals surface area contributed by atoms with Crippen molar-refractivity contribution in [2.75, 3.05) is 26.1 Å². The molecule has 2 aromatic carbocycles. The van der Waals surface area contributed by atoms with Crippen molar-refractivity contribution >= 4 is 32.5 Å². The minimum atomic E-state index is -0.747. The van der Waals surface area contributed by atoms with Crippen LogP contribution < -0.4 is 14.8 Å². The fraction of sp³-hybridized carbons (Fsp3) is 0.211. The maximum atomic E-state index is 10.6. The Morgan fingerprint density at radius 3 is 2.72 bits per heavy atom. The van der Waals surface area contributed by atoms with E-state index in [9.17, 15) is 5.11 Å². The Labute approximate surface area is 154 Å². The predicted molar refractivity (Wildman–Crippen MR) is 102 cm³/mol. The van der Waals surface area contributed by atoms with Gasteiger partial charge in [0, 0.05) is 33.9 Å². The summed E-state index contributed by atoms with van der Waals surface area (Å²) in [5.74, 6) is 1.30. The molecular weight excluding hydrogens is 384 g/mol. The van der Waals surface area contributed by atoms with Gasteiger partial charge in [0.05, 0.1) is 25.8 Å². The second-order valence-electron chi connectivity index (χ2n) is 5.52. The number of methoxy groups -OCH3 is 2. The van der Waals surface area contributed by atoms with Gasteiger partial charge in [-0.1, -0.05) is 15.9 Å². The van der Waals surface area contributed by atoms with Crippen LogP contribution in [-0.4, -0.2) is 30.9 Å². The fourth-order valence-corrected chi connectivity index (χ4v) is 3.04. The van der Waals surface area contributed by atoms with Crippen LogP contribution in [0.25, 0.3) is 10.9 Å². The van der Waals surface area contributed by atoms with Gasteiger partial charge in [-0.05, 0) is 42.5 Å². The van der Waals surface area contributed by atoms with E-state index in [1.165, 1.54) is 0 Å². The molecule has 25 heavy (non-hydrogen) atoms. The molecule has 1 unspecified atom stereocenters. The number of halogens is 1. The van der Waals surface area contributed by atoms with Crippen LogP contribution in [0.4, 0.5) is 5.69 Å². The summed E-state index contributed by atoms with van der Waals surface area (Å²) in [4.78, 5) is 4.37. The molecule has 0 amide bonds. The largest absolute Gasteiger partial charge is 0.497 e. The maximum Gasteiger partial charge on any atom is 0.124 e. The summed E-state index contributed by atoms with van der Waals surface area (Å²) in [6.07, 6.45) is 0.999. The lowest BCUT2D eigenvalue weighted by Gasteiger charge is -2.18. The van der Waals surface area contributed by atoms with Crippen molar-refractivity contribution in [3.63, 3.8) is 0 Å². The molecule has 0 fully saturated rings. The minimum absolute atomic E-state index is 0.332. The van der Waals surface area contributed by atoms with Crippen LogP contribution in [0.2, 0.25) is 0 Å². The third-order valence-corrected chi connectivity index (χ3v) is 4.48. The van der Waals surface area contributed by atoms with Crippen LogP contribution in [0.3, 0.4) is 0 Å². The van der Waals surface area contributed by atoms with Crippen molar-refractivity contribution in [3.8, 4) is 11.5 Å². The summed E-state index contributed by atoms with van der Waals surface area (Å²) in [6.45, 7) is 0.332. The number of nitrogens with one attached hydrogen (secondary N) is 1. The molecule has 3 rings (SSSR count). The van der Waals surface area contributed by atoms with Crippen molar-refractivity contribution in [2.45, 2.75) is 6.10 Å². The Bertz CT molecular complexity index is 886. The molecule has 1 heterocycles. The Kier molecular flexibility index (Phi) is 5.40. The number of hydrogen-bond acceptors (Lipinski definition) is 5. The average molecular weight is 403 g/mol. The van der Waals surface area contributed by atoms with Gasteiger partial charge in [-0.3, -0.25) is 4.98 Å². The van der Waals surface area contributed by atoms with Crippen molar-refractivity contribution < 1.29 is 14.6 Å². The number of rotatable bonds is 6. The van der Waals surface area contributed by atoms with Gasteiger partial charge in [0.25, 0.3) is 0 Å². The van der Waals surface area contributed by atoms with Gasteiger partial charge in [-0.25, -0.2) is 0 Å². The Hall–Kier alpha value is -2.31. The van der Waals surface area contributed by atoms with Gasteiger partial charge >= 0.3 is 0 Å². The molecule has 0 aliphatic heterocycles. The van der Waals surface area contributed by atoms with Crippen molar-refractivity contribution in [2.24, 2.45) is 0 Å². The maximum absolute atomic E-state index is 10.6. The number of aliphatic hydroxyl groups is 1. The number of pyridine rings is 1. The zero-order valence-electron chi connectivity index (χ0n) is 14.0. The molecule has 6 heteroatoms. The van der Waals surface area contributed by atoms with Crippen molar-refractivity contribution in [3.05, 3.63) is 58.7 Å². The molecule has 3 aromatic rings. The average Bonchev–Trinajstić information content (AvgIpc) is 2.65. The van der Waals surface area contributed by atoms with E-state index >= 15 is 0 Å². The second kappa shape index (κ2) is 7.72. The second-order valence-corrected chi connectivity index (χ2v) is 6.44. The van der Waals surface area contributed by atoms with Crippen molar-refractivity contribution in [1.29, 1.82) is 0 Å². The summed E-state index contributed by atoms with van der Waals surface area (Å²) in [7, 11) is 3.18. The van der Waals surface area contributed by atoms with E-state index < -0.39 is 6.10 Å². The molecule has 0 saturated carbocycles. The predicted octanol–water partition coefficient (Wildman–Crippen LogP) is 4.16. The molecule has 0 aliphatic carbocycles. The van der Waals surface area contributed by atoms with E-state index in [1.54, 1.807) is 38.6 Å². The van der Waals surface area contributed by atoms with E-state index in [1.807, 2.05) is 24.3 Å². The zero-order valence-corrected chi connectivity index (χ0v) is 15.6. The standard InChI is InChI=1S/C19H19BrN2O3/c1-24-13-4-6-19(25-2)15(10-13)18(23)11-22-16-7-8-21-17-9-12(20)3-5-14(16)17/h3-10,18,23H,11H2,1-2H3,(H,21,22). The number of ether oxygens (including phenoxy) is 2. The number of anilines is 1. The first-order chi connectivity index (χ1) is 12.1. The summed E-state index contributed by atoms with van der Waals surface area (Å²) in [6, 6.07) is 13.2. The van der Waals surface area contributed by atoms with Crippen LogP contribution in [0.15, 0.2) is 53.1 Å². The Morgan fingerprint density at radius 2 is 1.96 bits per heavy atom. The zero-order chi connectivity index (χ0) is 17.8. The van der Waals surface area contributed by atoms with E-state index in [2.05, 4.69) is 26.2 Å². The summed E-state index contributed by atoms with van der Waals surface area (Å²) < 4.78 is 11.6. The number of nitrogens with zero attached hydrogens (tertiary/aromatic N) is 1. The van der Waals surface area contributed by atoms with Crippen LogP contribution >= 0.6 is 15.9 Å². The van der Waals surface area contributed by atoms with E-state index in [0.717, 1.165) is 21.1 Å². The lowest BCUT2D eigenvalue weighted by molar-refractivity contribution is 0.186. The van der Waals surface area contributed by atoms with Gasteiger partial charge in [0.2, 0.25) is 0 Å². The first-order valence-corrected chi connectivity index (χ1v) is 8.60. The molecule has 0 bridgehead atoms. The summed E-state index contributed by atoms with van der Waals surface area (Å²) in [5.41, 5.74) is 2.47. The van der Waals surface area contributed by atoms with E-state index in [0.29, 0.717) is 23.6 Å². The van der Waals surface area contributed by atoms with Gasteiger partial charge in [0.15, 0.2) is 0 Å². The summed E-state index contributed by atoms with van der Waals surface area (Å²) in [5, 5.41) is 14.9. The number of benzene rings is 2. The molecule has 0 spiro atoms. The molecule has 0 radical (unpaired) electrons. The smallest absolute Gasteiger partial charge is 0.124 e. The normalized spacial score (nSPS) is 12.0. The van der Waals surface area contributed by atoms with Crippen LogP contribution in [0, 0.1) is 0 Å². The highest BCUT2D eigenvalue weighted by Gasteiger charge is 2.15. The summed E-state index contributed by atoms with van der Waals surface area (Å²) >= 11 is 3.45. The van der Waals surface area contributed by atoms with Crippen LogP contribution in [0.1, 0.15) is 11.7 Å². The van der Waals surface area contributed by atoms with Gasteiger partial charge < -0.3 is 19.9 Å². The Balaban J connectivity index is 1.82. The van der Waals surface area contributed by atoms with Gasteiger partial charge in [0.1, 0.15) is 11.5 Å². The molecule has 0 aliphatic rings. The molecule has 130 valence electrons. The van der Waals surface area contributed by atoms with E-state index in [4.69, 9.17) is 9.47 Å². The minimum Gasteiger partial charge on any atom is -0.497 e. The highest BCUT2D eigenvalue weighted by Crippen LogP contribution is 2.30.